The first-order chi connectivity index (χ1) is 15.6. The SMILES string of the molecule is COC(=O)[C@H](C)N1C(=O)S/C(=C/c2cc(Cl)c(OCc3ccc([N+](=O)[O-])cc3)c(Br)c2)C1=O. The smallest absolute Gasteiger partial charge is 0.328 e. The number of nitrogens with zero attached hydrogens (tertiary/aromatic N) is 2. The van der Waals surface area contributed by atoms with Crippen molar-refractivity contribution in [2.24, 2.45) is 0 Å². The van der Waals surface area contributed by atoms with Gasteiger partial charge in [0.1, 0.15) is 12.6 Å². The van der Waals surface area contributed by atoms with E-state index in [1.807, 2.05) is 0 Å². The lowest BCUT2D eigenvalue weighted by molar-refractivity contribution is -0.384. The van der Waals surface area contributed by atoms with E-state index in [0.29, 0.717) is 33.1 Å². The third kappa shape index (κ3) is 5.55. The molecule has 0 N–H and O–H groups in total. The summed E-state index contributed by atoms with van der Waals surface area (Å²) in [5, 5.41) is 10.4. The van der Waals surface area contributed by atoms with Crippen LogP contribution < -0.4 is 4.74 Å². The van der Waals surface area contributed by atoms with Gasteiger partial charge >= 0.3 is 5.97 Å². The first kappa shape index (κ1) is 24.7. The molecule has 1 aliphatic heterocycles. The minimum atomic E-state index is -1.04. The van der Waals surface area contributed by atoms with Gasteiger partial charge in [0.2, 0.25) is 0 Å². The van der Waals surface area contributed by atoms with Crippen LogP contribution >= 0.6 is 39.3 Å². The molecule has 2 aromatic rings. The largest absolute Gasteiger partial charge is 0.486 e. The Hall–Kier alpha value is -2.89. The zero-order valence-corrected chi connectivity index (χ0v) is 20.4. The molecule has 0 aliphatic carbocycles. The standard InChI is InChI=1S/C21H16BrClN2O7S/c1-11(20(27)31-2)24-19(26)17(33-21(24)28)9-13-7-15(22)18(16(23)8-13)32-10-12-3-5-14(6-4-12)25(29)30/h3-9,11H,10H2,1-2H3/b17-9+/t11-/m0/s1. The molecule has 0 unspecified atom stereocenters. The van der Waals surface area contributed by atoms with Crippen LogP contribution in [0.1, 0.15) is 18.1 Å². The van der Waals surface area contributed by atoms with Crippen LogP contribution in [0, 0.1) is 10.1 Å². The maximum Gasteiger partial charge on any atom is 0.328 e. The number of hydrogen-bond acceptors (Lipinski definition) is 8. The molecule has 0 radical (unpaired) electrons. The highest BCUT2D eigenvalue weighted by atomic mass is 79.9. The summed E-state index contributed by atoms with van der Waals surface area (Å²) in [7, 11) is 1.18. The molecule has 1 heterocycles. The lowest BCUT2D eigenvalue weighted by Gasteiger charge is -2.18. The van der Waals surface area contributed by atoms with Crippen molar-refractivity contribution < 1.29 is 28.8 Å². The summed E-state index contributed by atoms with van der Waals surface area (Å²) in [5.41, 5.74) is 1.22. The second kappa shape index (κ2) is 10.4. The maximum absolute atomic E-state index is 12.6. The van der Waals surface area contributed by atoms with Crippen LogP contribution in [0.15, 0.2) is 45.8 Å². The molecule has 1 atom stereocenters. The Morgan fingerprint density at radius 2 is 1.97 bits per heavy atom. The topological polar surface area (TPSA) is 116 Å². The molecule has 2 aromatic carbocycles. The minimum absolute atomic E-state index is 0.0206. The van der Waals surface area contributed by atoms with Crippen LogP contribution in [-0.2, 0) is 20.9 Å². The number of rotatable bonds is 7. The molecule has 33 heavy (non-hydrogen) atoms. The summed E-state index contributed by atoms with van der Waals surface area (Å²) >= 11 is 10.5. The number of halogens is 2. The lowest BCUT2D eigenvalue weighted by atomic mass is 10.2. The molecule has 0 saturated carbocycles. The summed E-state index contributed by atoms with van der Waals surface area (Å²) < 4.78 is 10.9. The van der Waals surface area contributed by atoms with Gasteiger partial charge in [0.25, 0.3) is 16.8 Å². The molecule has 9 nitrogen and oxygen atoms in total. The number of thioether (sulfide) groups is 1. The van der Waals surface area contributed by atoms with E-state index in [0.717, 1.165) is 4.90 Å². The molecule has 12 heteroatoms. The van der Waals surface area contributed by atoms with Crippen molar-refractivity contribution in [3.8, 4) is 5.75 Å². The predicted octanol–water partition coefficient (Wildman–Crippen LogP) is 5.19. The van der Waals surface area contributed by atoms with Gasteiger partial charge in [-0.25, -0.2) is 4.79 Å². The number of carbonyl (C=O) groups excluding carboxylic acids is 3. The number of non-ortho nitro benzene ring substituents is 1. The van der Waals surface area contributed by atoms with Crippen molar-refractivity contribution in [2.75, 3.05) is 7.11 Å². The van der Waals surface area contributed by atoms with Gasteiger partial charge in [-0.3, -0.25) is 24.6 Å². The quantitative estimate of drug-likeness (QED) is 0.198. The van der Waals surface area contributed by atoms with Crippen LogP contribution in [0.3, 0.4) is 0 Å². The van der Waals surface area contributed by atoms with E-state index in [-0.39, 0.29) is 22.2 Å². The van der Waals surface area contributed by atoms with Gasteiger partial charge in [0, 0.05) is 12.1 Å². The van der Waals surface area contributed by atoms with Crippen LogP contribution in [0.5, 0.6) is 5.75 Å². The average molecular weight is 556 g/mol. The Labute approximate surface area is 205 Å². The molecule has 1 aliphatic rings. The average Bonchev–Trinajstić information content (AvgIpc) is 3.05. The van der Waals surface area contributed by atoms with Crippen LogP contribution in [0.25, 0.3) is 6.08 Å². The number of esters is 1. The fourth-order valence-corrected chi connectivity index (χ4v) is 4.81. The molecule has 1 fully saturated rings. The van der Waals surface area contributed by atoms with E-state index in [2.05, 4.69) is 20.7 Å². The third-order valence-electron chi connectivity index (χ3n) is 4.60. The Balaban J connectivity index is 1.76. The molecule has 0 spiro atoms. The molecular formula is C21H16BrClN2O7S. The van der Waals surface area contributed by atoms with Gasteiger partial charge < -0.3 is 9.47 Å². The Kier molecular flexibility index (Phi) is 7.77. The molecule has 0 aromatic heterocycles. The van der Waals surface area contributed by atoms with E-state index in [1.165, 1.54) is 32.2 Å². The van der Waals surface area contributed by atoms with Gasteiger partial charge in [-0.1, -0.05) is 11.6 Å². The molecule has 2 amide bonds. The van der Waals surface area contributed by atoms with Crippen molar-refractivity contribution in [3.05, 3.63) is 72.0 Å². The first-order valence-electron chi connectivity index (χ1n) is 9.32. The number of nitro groups is 1. The number of hydrogen-bond donors (Lipinski definition) is 0. The van der Waals surface area contributed by atoms with E-state index in [9.17, 15) is 24.5 Å². The molecule has 1 saturated heterocycles. The monoisotopic (exact) mass is 554 g/mol. The second-order valence-electron chi connectivity index (χ2n) is 6.78. The number of carbonyl (C=O) groups is 3. The minimum Gasteiger partial charge on any atom is -0.486 e. The van der Waals surface area contributed by atoms with E-state index in [1.54, 1.807) is 24.3 Å². The Morgan fingerprint density at radius 3 is 2.55 bits per heavy atom. The highest BCUT2D eigenvalue weighted by Gasteiger charge is 2.41. The normalized spacial score (nSPS) is 15.6. The fourth-order valence-electron chi connectivity index (χ4n) is 2.91. The highest BCUT2D eigenvalue weighted by molar-refractivity contribution is 9.10. The maximum atomic E-state index is 12.6. The summed E-state index contributed by atoms with van der Waals surface area (Å²) in [4.78, 5) is 47.9. The molecule has 0 bridgehead atoms. The molecule has 172 valence electrons. The van der Waals surface area contributed by atoms with E-state index < -0.39 is 28.1 Å². The van der Waals surface area contributed by atoms with Gasteiger partial charge in [-0.05, 0) is 76.1 Å². The summed E-state index contributed by atoms with van der Waals surface area (Å²) in [6.07, 6.45) is 1.49. The number of imide groups is 1. The van der Waals surface area contributed by atoms with Crippen LogP contribution in [0.4, 0.5) is 10.5 Å². The molecular weight excluding hydrogens is 540 g/mol. The number of benzene rings is 2. The van der Waals surface area contributed by atoms with E-state index in [4.69, 9.17) is 16.3 Å². The van der Waals surface area contributed by atoms with Crippen molar-refractivity contribution >= 4 is 68.2 Å². The second-order valence-corrected chi connectivity index (χ2v) is 9.03. The zero-order valence-electron chi connectivity index (χ0n) is 17.2. The van der Waals surface area contributed by atoms with Crippen molar-refractivity contribution in [2.45, 2.75) is 19.6 Å². The van der Waals surface area contributed by atoms with Crippen LogP contribution in [-0.4, -0.2) is 40.1 Å². The summed E-state index contributed by atoms with van der Waals surface area (Å²) in [5.74, 6) is -0.952. The van der Waals surface area contributed by atoms with Gasteiger partial charge in [-0.15, -0.1) is 0 Å². The Morgan fingerprint density at radius 1 is 1.30 bits per heavy atom. The van der Waals surface area contributed by atoms with Crippen molar-refractivity contribution in [3.63, 3.8) is 0 Å². The highest BCUT2D eigenvalue weighted by Crippen LogP contribution is 2.38. The predicted molar refractivity (Wildman–Crippen MR) is 126 cm³/mol. The number of ether oxygens (including phenoxy) is 2. The number of nitro benzene ring substituents is 1. The van der Waals surface area contributed by atoms with Crippen LogP contribution in [0.2, 0.25) is 5.02 Å². The van der Waals surface area contributed by atoms with Gasteiger partial charge in [0.15, 0.2) is 5.75 Å². The summed E-state index contributed by atoms with van der Waals surface area (Å²) in [6.45, 7) is 1.54. The fraction of sp³-hybridized carbons (Fsp3) is 0.190. The summed E-state index contributed by atoms with van der Waals surface area (Å²) in [6, 6.07) is 8.11. The lowest BCUT2D eigenvalue weighted by Crippen LogP contribution is -2.42. The van der Waals surface area contributed by atoms with E-state index >= 15 is 0 Å². The first-order valence-corrected chi connectivity index (χ1v) is 11.3. The van der Waals surface area contributed by atoms with Gasteiger partial charge in [0.05, 0.1) is 26.4 Å². The van der Waals surface area contributed by atoms with Crippen molar-refractivity contribution in [1.82, 2.24) is 4.90 Å². The van der Waals surface area contributed by atoms with Crippen molar-refractivity contribution in [1.29, 1.82) is 0 Å². The molecule has 3 rings (SSSR count). The number of amides is 2. The number of methoxy groups -OCH3 is 1. The zero-order chi connectivity index (χ0) is 24.3. The Bertz CT molecular complexity index is 1150. The van der Waals surface area contributed by atoms with Gasteiger partial charge in [-0.2, -0.15) is 0 Å². The third-order valence-corrected chi connectivity index (χ3v) is 6.36.